The number of methoxy groups -OCH3 is 1. The van der Waals surface area contributed by atoms with Crippen molar-refractivity contribution in [2.45, 2.75) is 19.5 Å². The van der Waals surface area contributed by atoms with E-state index in [4.69, 9.17) is 9.47 Å². The van der Waals surface area contributed by atoms with E-state index in [1.165, 1.54) is 11.1 Å². The van der Waals surface area contributed by atoms with Gasteiger partial charge in [0.2, 0.25) is 0 Å². The summed E-state index contributed by atoms with van der Waals surface area (Å²) in [4.78, 5) is 6.74. The third kappa shape index (κ3) is 7.86. The first-order chi connectivity index (χ1) is 14.7. The summed E-state index contributed by atoms with van der Waals surface area (Å²) in [5, 5.41) is 16.8. The van der Waals surface area contributed by atoms with Crippen LogP contribution in [0.2, 0.25) is 0 Å². The molecule has 31 heavy (non-hydrogen) atoms. The van der Waals surface area contributed by atoms with E-state index in [-0.39, 0.29) is 29.7 Å². The van der Waals surface area contributed by atoms with Crippen molar-refractivity contribution < 1.29 is 14.6 Å². The average molecular weight is 540 g/mol. The van der Waals surface area contributed by atoms with Gasteiger partial charge >= 0.3 is 0 Å². The molecule has 170 valence electrons. The summed E-state index contributed by atoms with van der Waals surface area (Å²) in [5.74, 6) is 1.64. The molecule has 1 heterocycles. The van der Waals surface area contributed by atoms with Crippen LogP contribution in [0.5, 0.6) is 11.5 Å². The van der Waals surface area contributed by atoms with Gasteiger partial charge in [0.25, 0.3) is 0 Å². The number of nitrogens with one attached hydrogen (secondary N) is 2. The van der Waals surface area contributed by atoms with Crippen molar-refractivity contribution in [1.29, 1.82) is 0 Å². The van der Waals surface area contributed by atoms with Crippen LogP contribution in [0.1, 0.15) is 16.7 Å². The molecule has 0 spiro atoms. The molecular weight excluding hydrogens is 507 g/mol. The highest BCUT2D eigenvalue weighted by Gasteiger charge is 2.13. The number of phenols is 1. The Morgan fingerprint density at radius 3 is 2.52 bits per heavy atom. The van der Waals surface area contributed by atoms with Crippen molar-refractivity contribution in [2.24, 2.45) is 4.99 Å². The fraction of sp³-hybridized carbons (Fsp3) is 0.435. The Hall–Kier alpha value is -2.04. The van der Waals surface area contributed by atoms with E-state index in [1.54, 1.807) is 20.2 Å². The lowest BCUT2D eigenvalue weighted by Crippen LogP contribution is -2.38. The van der Waals surface area contributed by atoms with E-state index in [9.17, 15) is 5.11 Å². The number of aliphatic imine (C=N–C) groups is 1. The highest BCUT2D eigenvalue weighted by Crippen LogP contribution is 2.23. The molecule has 1 aliphatic heterocycles. The van der Waals surface area contributed by atoms with Crippen LogP contribution in [0, 0.1) is 0 Å². The maximum Gasteiger partial charge on any atom is 0.191 e. The van der Waals surface area contributed by atoms with E-state index in [1.807, 2.05) is 12.1 Å². The van der Waals surface area contributed by atoms with Gasteiger partial charge < -0.3 is 25.2 Å². The molecule has 3 rings (SSSR count). The third-order valence-electron chi connectivity index (χ3n) is 5.27. The second-order valence-corrected chi connectivity index (χ2v) is 7.25. The molecule has 7 nitrogen and oxygen atoms in total. The molecule has 0 radical (unpaired) electrons. The lowest BCUT2D eigenvalue weighted by molar-refractivity contribution is 0.0341. The molecule has 1 aliphatic rings. The number of morpholine rings is 1. The summed E-state index contributed by atoms with van der Waals surface area (Å²) in [6.45, 7) is 5.86. The predicted molar refractivity (Wildman–Crippen MR) is 135 cm³/mol. The van der Waals surface area contributed by atoms with Crippen LogP contribution >= 0.6 is 24.0 Å². The Morgan fingerprint density at radius 2 is 1.84 bits per heavy atom. The van der Waals surface area contributed by atoms with Crippen LogP contribution in [0.4, 0.5) is 0 Å². The molecule has 2 aromatic rings. The van der Waals surface area contributed by atoms with Crippen molar-refractivity contribution >= 4 is 29.9 Å². The first kappa shape index (κ1) is 25.2. The monoisotopic (exact) mass is 540 g/mol. The van der Waals surface area contributed by atoms with Gasteiger partial charge in [0.15, 0.2) is 5.96 Å². The van der Waals surface area contributed by atoms with Gasteiger partial charge in [-0.3, -0.25) is 9.89 Å². The molecular formula is C23H33IN4O3. The number of ether oxygens (including phenoxy) is 2. The summed E-state index contributed by atoms with van der Waals surface area (Å²) in [6, 6.07) is 13.9. The van der Waals surface area contributed by atoms with Gasteiger partial charge in [-0.25, -0.2) is 0 Å². The maximum absolute atomic E-state index is 10.1. The van der Waals surface area contributed by atoms with Gasteiger partial charge in [0.05, 0.1) is 20.3 Å². The minimum atomic E-state index is 0. The van der Waals surface area contributed by atoms with Crippen molar-refractivity contribution in [1.82, 2.24) is 15.5 Å². The second kappa shape index (κ2) is 13.4. The number of hydrogen-bond acceptors (Lipinski definition) is 5. The van der Waals surface area contributed by atoms with Crippen LogP contribution in [0.15, 0.2) is 47.5 Å². The molecule has 0 aliphatic carbocycles. The Morgan fingerprint density at radius 1 is 1.10 bits per heavy atom. The van der Waals surface area contributed by atoms with E-state index in [2.05, 4.69) is 44.8 Å². The molecule has 0 aromatic heterocycles. The predicted octanol–water partition coefficient (Wildman–Crippen LogP) is 2.76. The summed E-state index contributed by atoms with van der Waals surface area (Å²) < 4.78 is 10.6. The van der Waals surface area contributed by atoms with Gasteiger partial charge in [0, 0.05) is 45.8 Å². The van der Waals surface area contributed by atoms with Gasteiger partial charge in [-0.05, 0) is 29.2 Å². The quantitative estimate of drug-likeness (QED) is 0.272. The van der Waals surface area contributed by atoms with Crippen molar-refractivity contribution in [3.8, 4) is 11.5 Å². The molecule has 0 saturated carbocycles. The third-order valence-corrected chi connectivity index (χ3v) is 5.27. The molecule has 0 bridgehead atoms. The van der Waals surface area contributed by atoms with Gasteiger partial charge in [-0.2, -0.15) is 0 Å². The van der Waals surface area contributed by atoms with Crippen LogP contribution in [-0.2, 0) is 24.2 Å². The van der Waals surface area contributed by atoms with E-state index in [0.717, 1.165) is 44.4 Å². The van der Waals surface area contributed by atoms with Gasteiger partial charge in [-0.15, -0.1) is 24.0 Å². The number of aromatic hydroxyl groups is 1. The van der Waals surface area contributed by atoms with E-state index >= 15 is 0 Å². The Balaban J connectivity index is 0.00000341. The zero-order chi connectivity index (χ0) is 21.2. The van der Waals surface area contributed by atoms with Crippen molar-refractivity contribution in [3.05, 3.63) is 59.2 Å². The Kier molecular flexibility index (Phi) is 10.9. The summed E-state index contributed by atoms with van der Waals surface area (Å²) in [6.07, 6.45) is 0.685. The SMILES string of the molecule is CN=C(NCCc1ccc(OC)cc1O)NCc1ccccc1CN1CCOCC1.I. The lowest BCUT2D eigenvalue weighted by Gasteiger charge is -2.27. The molecule has 0 atom stereocenters. The summed E-state index contributed by atoms with van der Waals surface area (Å²) in [5.41, 5.74) is 3.46. The minimum absolute atomic E-state index is 0. The molecule has 1 saturated heterocycles. The topological polar surface area (TPSA) is 78.4 Å². The Labute approximate surface area is 201 Å². The van der Waals surface area contributed by atoms with Crippen LogP contribution in [0.25, 0.3) is 0 Å². The molecule has 1 fully saturated rings. The number of hydrogen-bond donors (Lipinski definition) is 3. The molecule has 0 amide bonds. The first-order valence-corrected chi connectivity index (χ1v) is 10.4. The second-order valence-electron chi connectivity index (χ2n) is 7.25. The lowest BCUT2D eigenvalue weighted by atomic mass is 10.1. The summed E-state index contributed by atoms with van der Waals surface area (Å²) >= 11 is 0. The molecule has 0 unspecified atom stereocenters. The van der Waals surface area contributed by atoms with E-state index < -0.39 is 0 Å². The highest BCUT2D eigenvalue weighted by atomic mass is 127. The fourth-order valence-electron chi connectivity index (χ4n) is 3.48. The zero-order valence-electron chi connectivity index (χ0n) is 18.3. The molecule has 2 aromatic carbocycles. The highest BCUT2D eigenvalue weighted by molar-refractivity contribution is 14.0. The number of guanidine groups is 1. The zero-order valence-corrected chi connectivity index (χ0v) is 20.6. The van der Waals surface area contributed by atoms with Crippen LogP contribution in [0.3, 0.4) is 0 Å². The molecule has 8 heteroatoms. The number of nitrogens with zero attached hydrogens (tertiary/aromatic N) is 2. The smallest absolute Gasteiger partial charge is 0.191 e. The normalized spacial score (nSPS) is 14.6. The summed E-state index contributed by atoms with van der Waals surface area (Å²) in [7, 11) is 3.35. The number of halogens is 1. The first-order valence-electron chi connectivity index (χ1n) is 10.4. The largest absolute Gasteiger partial charge is 0.508 e. The number of phenolic OH excluding ortho intramolecular Hbond substituents is 1. The maximum atomic E-state index is 10.1. The minimum Gasteiger partial charge on any atom is -0.508 e. The fourth-order valence-corrected chi connectivity index (χ4v) is 3.48. The van der Waals surface area contributed by atoms with Crippen LogP contribution in [-0.4, -0.2) is 63.0 Å². The number of benzene rings is 2. The standard InChI is InChI=1S/C23H32N4O3.HI/c1-24-23(25-10-9-18-7-8-21(29-2)15-22(18)28)26-16-19-5-3-4-6-20(19)17-27-11-13-30-14-12-27;/h3-8,15,28H,9-14,16-17H2,1-2H3,(H2,24,25,26);1H. The number of rotatable bonds is 8. The van der Waals surface area contributed by atoms with Gasteiger partial charge in [-0.1, -0.05) is 30.3 Å². The average Bonchev–Trinajstić information content (AvgIpc) is 2.78. The van der Waals surface area contributed by atoms with E-state index in [0.29, 0.717) is 25.3 Å². The van der Waals surface area contributed by atoms with Crippen molar-refractivity contribution in [2.75, 3.05) is 47.0 Å². The van der Waals surface area contributed by atoms with Crippen LogP contribution < -0.4 is 15.4 Å². The van der Waals surface area contributed by atoms with Gasteiger partial charge in [0.1, 0.15) is 11.5 Å². The Bertz CT molecular complexity index is 841. The van der Waals surface area contributed by atoms with Crippen molar-refractivity contribution in [3.63, 3.8) is 0 Å². The molecule has 3 N–H and O–H groups in total.